The normalized spacial score (nSPS) is 18.6. The van der Waals surface area contributed by atoms with Crippen molar-refractivity contribution >= 4 is 33.8 Å². The third kappa shape index (κ3) is 6.85. The molecule has 0 radical (unpaired) electrons. The molecule has 5 rings (SSSR count). The lowest BCUT2D eigenvalue weighted by Crippen LogP contribution is -2.51. The molecule has 2 aliphatic heterocycles. The van der Waals surface area contributed by atoms with E-state index < -0.39 is 10.6 Å². The van der Waals surface area contributed by atoms with Crippen LogP contribution in [-0.4, -0.2) is 80.2 Å². The Morgan fingerprint density at radius 1 is 1.00 bits per heavy atom. The molecule has 0 aliphatic carbocycles. The topological polar surface area (TPSA) is 138 Å². The number of nitrogens with one attached hydrogen (secondary N) is 2. The van der Waals surface area contributed by atoms with Crippen LogP contribution < -0.4 is 15.5 Å². The van der Waals surface area contributed by atoms with Gasteiger partial charge in [0.15, 0.2) is 0 Å². The quantitative estimate of drug-likeness (QED) is 0.321. The van der Waals surface area contributed by atoms with E-state index in [1.807, 2.05) is 36.4 Å². The lowest BCUT2D eigenvalue weighted by molar-refractivity contribution is 0.0958. The number of nitriles is 1. The van der Waals surface area contributed by atoms with Gasteiger partial charge in [-0.2, -0.15) is 15.9 Å². The van der Waals surface area contributed by atoms with Crippen LogP contribution in [0.2, 0.25) is 0 Å². The number of carbonyl (C=O) groups is 1. The van der Waals surface area contributed by atoms with Crippen molar-refractivity contribution in [1.82, 2.24) is 20.2 Å². The van der Waals surface area contributed by atoms with Gasteiger partial charge in [0.1, 0.15) is 6.54 Å². The molecule has 2 saturated heterocycles. The highest BCUT2D eigenvalue weighted by Gasteiger charge is 2.30. The highest BCUT2D eigenvalue weighted by Crippen LogP contribution is 2.45. The predicted octanol–water partition coefficient (Wildman–Crippen LogP) is 4.18. The smallest absolute Gasteiger partial charge is 0.252 e. The molecule has 0 atom stereocenters. The van der Waals surface area contributed by atoms with Gasteiger partial charge in [0.25, 0.3) is 5.91 Å². The van der Waals surface area contributed by atoms with Crippen molar-refractivity contribution in [3.8, 4) is 17.3 Å². The van der Waals surface area contributed by atoms with E-state index in [0.29, 0.717) is 29.1 Å². The maximum atomic E-state index is 12.0. The molecule has 10 nitrogen and oxygen atoms in total. The Balaban J connectivity index is 1.15. The van der Waals surface area contributed by atoms with Gasteiger partial charge in [-0.3, -0.25) is 18.8 Å². The third-order valence-corrected chi connectivity index (χ3v) is 9.08. The Morgan fingerprint density at radius 2 is 1.69 bits per heavy atom. The van der Waals surface area contributed by atoms with E-state index in [1.165, 1.54) is 5.69 Å². The SMILES string of the molecule is N#CCNC(=O)c1ccc(-c2ccnc(Nc3ccc(N4CCN(C5CCS(O)(O)CC5)CC4)cc3)n2)cc1. The van der Waals surface area contributed by atoms with Crippen LogP contribution in [-0.2, 0) is 0 Å². The Bertz CT molecular complexity index is 1310. The second-order valence-electron chi connectivity index (χ2n) is 9.82. The molecule has 1 amide bonds. The van der Waals surface area contributed by atoms with Gasteiger partial charge in [-0.1, -0.05) is 12.1 Å². The summed E-state index contributed by atoms with van der Waals surface area (Å²) >= 11 is 0. The first-order chi connectivity index (χ1) is 18.9. The van der Waals surface area contributed by atoms with Crippen molar-refractivity contribution in [2.75, 3.05) is 54.4 Å². The zero-order valence-electron chi connectivity index (χ0n) is 21.7. The van der Waals surface area contributed by atoms with Crippen LogP contribution in [0.3, 0.4) is 0 Å². The molecular weight excluding hydrogens is 514 g/mol. The number of anilines is 3. The van der Waals surface area contributed by atoms with Crippen molar-refractivity contribution in [2.45, 2.75) is 18.9 Å². The van der Waals surface area contributed by atoms with Crippen LogP contribution in [0.5, 0.6) is 0 Å². The fraction of sp³-hybridized carbons (Fsp3) is 0.357. The van der Waals surface area contributed by atoms with Crippen molar-refractivity contribution in [2.24, 2.45) is 0 Å². The first-order valence-corrected chi connectivity index (χ1v) is 15.0. The molecule has 1 aromatic heterocycles. The molecule has 2 aromatic carbocycles. The zero-order chi connectivity index (χ0) is 27.2. The number of benzene rings is 2. The molecule has 3 heterocycles. The van der Waals surface area contributed by atoms with Crippen LogP contribution >= 0.6 is 10.6 Å². The highest BCUT2D eigenvalue weighted by atomic mass is 32.3. The van der Waals surface area contributed by atoms with E-state index in [1.54, 1.807) is 18.3 Å². The van der Waals surface area contributed by atoms with Crippen LogP contribution in [0, 0.1) is 11.3 Å². The molecule has 0 spiro atoms. The molecule has 4 N–H and O–H groups in total. The predicted molar refractivity (Wildman–Crippen MR) is 155 cm³/mol. The first-order valence-electron chi connectivity index (χ1n) is 13.1. The second-order valence-corrected chi connectivity index (χ2v) is 12.2. The summed E-state index contributed by atoms with van der Waals surface area (Å²) in [6, 6.07) is 19.5. The number of hydrogen-bond donors (Lipinski definition) is 4. The summed E-state index contributed by atoms with van der Waals surface area (Å²) in [4.78, 5) is 25.9. The lowest BCUT2D eigenvalue weighted by atomic mass is 10.1. The highest BCUT2D eigenvalue weighted by molar-refractivity contribution is 8.24. The Hall–Kier alpha value is -3.69. The third-order valence-electron chi connectivity index (χ3n) is 7.30. The summed E-state index contributed by atoms with van der Waals surface area (Å²) in [5.74, 6) is 1.26. The number of nitrogens with zero attached hydrogens (tertiary/aromatic N) is 5. The van der Waals surface area contributed by atoms with E-state index >= 15 is 0 Å². The van der Waals surface area contributed by atoms with Gasteiger partial charge >= 0.3 is 0 Å². The van der Waals surface area contributed by atoms with Gasteiger partial charge in [0.05, 0.1) is 11.8 Å². The number of rotatable bonds is 7. The first kappa shape index (κ1) is 26.9. The summed E-state index contributed by atoms with van der Waals surface area (Å²) in [6.07, 6.45) is 3.44. The van der Waals surface area contributed by atoms with Gasteiger partial charge in [-0.25, -0.2) is 9.97 Å². The van der Waals surface area contributed by atoms with Crippen molar-refractivity contribution in [1.29, 1.82) is 5.26 Å². The van der Waals surface area contributed by atoms with E-state index in [9.17, 15) is 13.9 Å². The summed E-state index contributed by atoms with van der Waals surface area (Å²) in [6.45, 7) is 3.83. The van der Waals surface area contributed by atoms with E-state index in [2.05, 4.69) is 42.5 Å². The maximum absolute atomic E-state index is 12.0. The molecule has 2 fully saturated rings. The molecule has 0 saturated carbocycles. The van der Waals surface area contributed by atoms with Gasteiger partial charge in [-0.15, -0.1) is 0 Å². The maximum Gasteiger partial charge on any atom is 0.252 e. The van der Waals surface area contributed by atoms with E-state index in [0.717, 1.165) is 56.0 Å². The second kappa shape index (κ2) is 12.0. The number of amides is 1. The van der Waals surface area contributed by atoms with Crippen LogP contribution in [0.1, 0.15) is 23.2 Å². The Morgan fingerprint density at radius 3 is 2.36 bits per heavy atom. The average Bonchev–Trinajstić information content (AvgIpc) is 2.97. The van der Waals surface area contributed by atoms with E-state index in [4.69, 9.17) is 5.26 Å². The lowest BCUT2D eigenvalue weighted by Gasteiger charge is -2.45. The molecular formula is C28H33N7O3S. The minimum absolute atomic E-state index is 0.0288. The molecule has 2 aliphatic rings. The Labute approximate surface area is 230 Å². The molecule has 39 heavy (non-hydrogen) atoms. The zero-order valence-corrected chi connectivity index (χ0v) is 22.5. The van der Waals surface area contributed by atoms with Gasteiger partial charge in [-0.05, 0) is 55.3 Å². The molecule has 0 bridgehead atoms. The average molecular weight is 548 g/mol. The van der Waals surface area contributed by atoms with Gasteiger partial charge < -0.3 is 15.5 Å². The number of aromatic nitrogens is 2. The summed E-state index contributed by atoms with van der Waals surface area (Å²) < 4.78 is 19.8. The largest absolute Gasteiger partial charge is 0.369 e. The van der Waals surface area contributed by atoms with E-state index in [-0.39, 0.29) is 12.5 Å². The Kier molecular flexibility index (Phi) is 8.28. The standard InChI is InChI=1S/C28H33N7O3S/c29-12-14-30-27(36)22-3-1-21(2-4-22)26-9-13-31-28(33-26)32-23-5-7-24(8-6-23)34-15-17-35(18-16-34)25-10-19-39(37,38)20-11-25/h1-9,13,25,37-38H,10-11,14-20H2,(H,30,36)(H,31,32,33). The summed E-state index contributed by atoms with van der Waals surface area (Å²) in [7, 11) is -2.33. The van der Waals surface area contributed by atoms with Crippen LogP contribution in [0.4, 0.5) is 17.3 Å². The minimum atomic E-state index is -2.33. The van der Waals surface area contributed by atoms with Gasteiger partial charge in [0, 0.05) is 72.4 Å². The summed E-state index contributed by atoms with van der Waals surface area (Å²) in [5, 5.41) is 14.4. The molecule has 3 aromatic rings. The van der Waals surface area contributed by atoms with Crippen LogP contribution in [0.25, 0.3) is 11.3 Å². The minimum Gasteiger partial charge on any atom is -0.369 e. The fourth-order valence-electron chi connectivity index (χ4n) is 5.08. The van der Waals surface area contributed by atoms with Gasteiger partial charge in [0.2, 0.25) is 5.95 Å². The molecule has 11 heteroatoms. The van der Waals surface area contributed by atoms with Crippen molar-refractivity contribution in [3.05, 3.63) is 66.4 Å². The monoisotopic (exact) mass is 547 g/mol. The summed E-state index contributed by atoms with van der Waals surface area (Å²) in [5.41, 5.74) is 4.13. The van der Waals surface area contributed by atoms with Crippen molar-refractivity contribution < 1.29 is 13.9 Å². The number of hydrogen-bond acceptors (Lipinski definition) is 9. The molecule has 0 unspecified atom stereocenters. The van der Waals surface area contributed by atoms with Crippen molar-refractivity contribution in [3.63, 3.8) is 0 Å². The number of piperazine rings is 1. The number of carbonyl (C=O) groups excluding carboxylic acids is 1. The van der Waals surface area contributed by atoms with Crippen LogP contribution in [0.15, 0.2) is 60.8 Å². The molecule has 204 valence electrons. The fourth-order valence-corrected chi connectivity index (χ4v) is 6.59.